The van der Waals surface area contributed by atoms with Gasteiger partial charge in [0.1, 0.15) is 5.76 Å². The summed E-state index contributed by atoms with van der Waals surface area (Å²) < 4.78 is 5.05. The molecule has 0 amide bonds. The SMILES string of the molecule is Cc1cc(CN(CCO)Cc2ccc(Cl)c(Cl)c2)no1. The molecule has 0 saturated carbocycles. The zero-order valence-corrected chi connectivity index (χ0v) is 12.7. The highest BCUT2D eigenvalue weighted by molar-refractivity contribution is 6.42. The molecule has 0 radical (unpaired) electrons. The van der Waals surface area contributed by atoms with Gasteiger partial charge in [0, 0.05) is 25.7 Å². The summed E-state index contributed by atoms with van der Waals surface area (Å²) in [6.45, 7) is 3.75. The number of aliphatic hydroxyl groups is 1. The van der Waals surface area contributed by atoms with Gasteiger partial charge in [0.05, 0.1) is 22.3 Å². The van der Waals surface area contributed by atoms with Crippen molar-refractivity contribution in [3.05, 3.63) is 51.3 Å². The molecule has 1 aromatic heterocycles. The van der Waals surface area contributed by atoms with E-state index in [2.05, 4.69) is 10.1 Å². The highest BCUT2D eigenvalue weighted by atomic mass is 35.5. The molecule has 0 unspecified atom stereocenters. The Morgan fingerprint density at radius 1 is 1.20 bits per heavy atom. The van der Waals surface area contributed by atoms with Crippen molar-refractivity contribution in [1.82, 2.24) is 10.1 Å². The molecule has 6 heteroatoms. The van der Waals surface area contributed by atoms with Crippen molar-refractivity contribution >= 4 is 23.2 Å². The molecule has 4 nitrogen and oxygen atoms in total. The third-order valence-corrected chi connectivity index (χ3v) is 3.61. The molecular weight excluding hydrogens is 299 g/mol. The lowest BCUT2D eigenvalue weighted by atomic mass is 10.2. The molecular formula is C14H16Cl2N2O2. The van der Waals surface area contributed by atoms with Gasteiger partial charge in [-0.1, -0.05) is 34.4 Å². The fourth-order valence-electron chi connectivity index (χ4n) is 1.97. The highest BCUT2D eigenvalue weighted by Gasteiger charge is 2.10. The minimum atomic E-state index is 0.0815. The molecule has 20 heavy (non-hydrogen) atoms. The van der Waals surface area contributed by atoms with Crippen LogP contribution in [-0.2, 0) is 13.1 Å². The van der Waals surface area contributed by atoms with E-state index < -0.39 is 0 Å². The van der Waals surface area contributed by atoms with E-state index in [0.29, 0.717) is 29.7 Å². The first-order valence-electron chi connectivity index (χ1n) is 6.28. The van der Waals surface area contributed by atoms with E-state index in [1.807, 2.05) is 25.1 Å². The van der Waals surface area contributed by atoms with Crippen molar-refractivity contribution in [2.75, 3.05) is 13.2 Å². The highest BCUT2D eigenvalue weighted by Crippen LogP contribution is 2.23. The van der Waals surface area contributed by atoms with Crippen molar-refractivity contribution in [2.45, 2.75) is 20.0 Å². The van der Waals surface area contributed by atoms with E-state index in [1.54, 1.807) is 6.07 Å². The van der Waals surface area contributed by atoms with Crippen LogP contribution in [0.3, 0.4) is 0 Å². The molecule has 108 valence electrons. The second-order valence-corrected chi connectivity index (χ2v) is 5.43. The molecule has 0 spiro atoms. The monoisotopic (exact) mass is 314 g/mol. The number of hydrogen-bond acceptors (Lipinski definition) is 4. The summed E-state index contributed by atoms with van der Waals surface area (Å²) in [5.41, 5.74) is 1.88. The summed E-state index contributed by atoms with van der Waals surface area (Å²) in [6, 6.07) is 7.42. The Morgan fingerprint density at radius 2 is 2.00 bits per heavy atom. The molecule has 0 bridgehead atoms. The Hall–Kier alpha value is -1.07. The zero-order chi connectivity index (χ0) is 14.5. The first kappa shape index (κ1) is 15.3. The van der Waals surface area contributed by atoms with Gasteiger partial charge in [-0.3, -0.25) is 4.90 Å². The third-order valence-electron chi connectivity index (χ3n) is 2.87. The molecule has 1 aromatic carbocycles. The summed E-state index contributed by atoms with van der Waals surface area (Å²) in [4.78, 5) is 2.07. The maximum absolute atomic E-state index is 9.16. The van der Waals surface area contributed by atoms with Gasteiger partial charge in [0.2, 0.25) is 0 Å². The summed E-state index contributed by atoms with van der Waals surface area (Å²) >= 11 is 11.9. The van der Waals surface area contributed by atoms with Crippen LogP contribution in [0.4, 0.5) is 0 Å². The van der Waals surface area contributed by atoms with Gasteiger partial charge in [-0.05, 0) is 24.6 Å². The van der Waals surface area contributed by atoms with E-state index in [0.717, 1.165) is 17.0 Å². The molecule has 1 N–H and O–H groups in total. The standard InChI is InChI=1S/C14H16Cl2N2O2/c1-10-6-12(17-20-10)9-18(4-5-19)8-11-2-3-13(15)14(16)7-11/h2-3,6-7,19H,4-5,8-9H2,1H3. The second-order valence-electron chi connectivity index (χ2n) is 4.61. The third kappa shape index (κ3) is 4.21. The van der Waals surface area contributed by atoms with Gasteiger partial charge in [-0.2, -0.15) is 0 Å². The van der Waals surface area contributed by atoms with Gasteiger partial charge >= 0.3 is 0 Å². The van der Waals surface area contributed by atoms with E-state index >= 15 is 0 Å². The fourth-order valence-corrected chi connectivity index (χ4v) is 2.29. The van der Waals surface area contributed by atoms with E-state index in [9.17, 15) is 0 Å². The van der Waals surface area contributed by atoms with Crippen molar-refractivity contribution < 1.29 is 9.63 Å². The van der Waals surface area contributed by atoms with Gasteiger partial charge in [0.15, 0.2) is 0 Å². The molecule has 0 aliphatic carbocycles. The van der Waals surface area contributed by atoms with Crippen LogP contribution in [0.15, 0.2) is 28.8 Å². The molecule has 0 atom stereocenters. The number of halogens is 2. The van der Waals surface area contributed by atoms with E-state index in [1.165, 1.54) is 0 Å². The Bertz CT molecular complexity index is 572. The first-order valence-corrected chi connectivity index (χ1v) is 7.03. The van der Waals surface area contributed by atoms with Crippen LogP contribution in [0.5, 0.6) is 0 Å². The minimum absolute atomic E-state index is 0.0815. The van der Waals surface area contributed by atoms with Gasteiger partial charge in [0.25, 0.3) is 0 Å². The fraction of sp³-hybridized carbons (Fsp3) is 0.357. The van der Waals surface area contributed by atoms with Crippen LogP contribution in [0.25, 0.3) is 0 Å². The van der Waals surface area contributed by atoms with Crippen LogP contribution in [-0.4, -0.2) is 28.3 Å². The number of nitrogens with zero attached hydrogens (tertiary/aromatic N) is 2. The van der Waals surface area contributed by atoms with Crippen molar-refractivity contribution in [2.24, 2.45) is 0 Å². The summed E-state index contributed by atoms with van der Waals surface area (Å²) in [7, 11) is 0. The number of benzene rings is 1. The molecule has 0 saturated heterocycles. The van der Waals surface area contributed by atoms with Crippen LogP contribution >= 0.6 is 23.2 Å². The molecule has 2 rings (SSSR count). The molecule has 1 heterocycles. The number of aryl methyl sites for hydroxylation is 1. The van der Waals surface area contributed by atoms with E-state index in [4.69, 9.17) is 32.8 Å². The Kier molecular flexibility index (Phi) is 5.43. The largest absolute Gasteiger partial charge is 0.395 e. The average molecular weight is 315 g/mol. The second kappa shape index (κ2) is 7.09. The van der Waals surface area contributed by atoms with Crippen molar-refractivity contribution in [1.29, 1.82) is 0 Å². The minimum Gasteiger partial charge on any atom is -0.395 e. The van der Waals surface area contributed by atoms with Gasteiger partial charge < -0.3 is 9.63 Å². The van der Waals surface area contributed by atoms with Gasteiger partial charge in [-0.25, -0.2) is 0 Å². The topological polar surface area (TPSA) is 49.5 Å². The van der Waals surface area contributed by atoms with Gasteiger partial charge in [-0.15, -0.1) is 0 Å². The number of rotatable bonds is 6. The van der Waals surface area contributed by atoms with Crippen LogP contribution in [0.2, 0.25) is 10.0 Å². The normalized spacial score (nSPS) is 11.2. The van der Waals surface area contributed by atoms with Crippen LogP contribution in [0, 0.1) is 6.92 Å². The first-order chi connectivity index (χ1) is 9.58. The number of aromatic nitrogens is 1. The molecule has 2 aromatic rings. The Balaban J connectivity index is 2.06. The van der Waals surface area contributed by atoms with Crippen molar-refractivity contribution in [3.8, 4) is 0 Å². The number of aliphatic hydroxyl groups excluding tert-OH is 1. The maximum Gasteiger partial charge on any atom is 0.133 e. The van der Waals surface area contributed by atoms with Crippen LogP contribution in [0.1, 0.15) is 17.0 Å². The lowest BCUT2D eigenvalue weighted by Gasteiger charge is -2.20. The number of hydrogen-bond donors (Lipinski definition) is 1. The predicted octanol–water partition coefficient (Wildman–Crippen LogP) is 3.28. The quantitative estimate of drug-likeness (QED) is 0.889. The Morgan fingerprint density at radius 3 is 2.60 bits per heavy atom. The summed E-state index contributed by atoms with van der Waals surface area (Å²) in [5, 5.41) is 14.2. The molecule has 0 aliphatic rings. The molecule has 0 aliphatic heterocycles. The average Bonchev–Trinajstić information content (AvgIpc) is 2.80. The smallest absolute Gasteiger partial charge is 0.133 e. The lowest BCUT2D eigenvalue weighted by molar-refractivity contribution is 0.181. The predicted molar refractivity (Wildman–Crippen MR) is 78.9 cm³/mol. The van der Waals surface area contributed by atoms with Crippen LogP contribution < -0.4 is 0 Å². The van der Waals surface area contributed by atoms with E-state index in [-0.39, 0.29) is 6.61 Å². The lowest BCUT2D eigenvalue weighted by Crippen LogP contribution is -2.26. The Labute approximate surface area is 127 Å². The molecule has 0 fully saturated rings. The maximum atomic E-state index is 9.16. The summed E-state index contributed by atoms with van der Waals surface area (Å²) in [5.74, 6) is 0.776. The zero-order valence-electron chi connectivity index (χ0n) is 11.1. The summed E-state index contributed by atoms with van der Waals surface area (Å²) in [6.07, 6.45) is 0. The van der Waals surface area contributed by atoms with Crippen molar-refractivity contribution in [3.63, 3.8) is 0 Å².